The zero-order valence-electron chi connectivity index (χ0n) is 5.39. The lowest BCUT2D eigenvalue weighted by atomic mass is 9.93. The first kappa shape index (κ1) is 6.60. The molecule has 0 aromatic heterocycles. The first-order valence-corrected chi connectivity index (χ1v) is 2.51. The van der Waals surface area contributed by atoms with Crippen LogP contribution in [0.4, 0.5) is 0 Å². The molecular weight excluding hydrogens is 86.9 g/mol. The van der Waals surface area contributed by atoms with E-state index in [2.05, 4.69) is 6.11 Å². The summed E-state index contributed by atoms with van der Waals surface area (Å²) in [6.07, 6.45) is 2.20. The molecule has 0 aliphatic carbocycles. The number of hydrogen-bond donors (Lipinski definition) is 0. The van der Waals surface area contributed by atoms with E-state index in [1.165, 1.54) is 0 Å². The molecule has 0 saturated carbocycles. The molecule has 0 bridgehead atoms. The molecule has 0 N–H and O–H groups in total. The van der Waals surface area contributed by atoms with Crippen molar-refractivity contribution in [2.75, 3.05) is 21.1 Å². The van der Waals surface area contributed by atoms with Gasteiger partial charge < -0.3 is 4.39 Å². The Bertz CT molecular complexity index is 64.6. The molecule has 0 atom stereocenters. The van der Waals surface area contributed by atoms with Gasteiger partial charge in [0.1, 0.15) is 5.41 Å². The monoisotopic (exact) mass is 98.1 g/mol. The minimum Gasteiger partial charge on any atom is -0.476 e. The second-order valence-corrected chi connectivity index (χ2v) is 3.13. The van der Waals surface area contributed by atoms with Crippen LogP contribution in [-0.4, -0.2) is 39.1 Å². The van der Waals surface area contributed by atoms with Crippen LogP contribution in [0.1, 0.15) is 0 Å². The fraction of sp³-hybridized carbons (Fsp3) is 0.750. The molecule has 0 unspecified atom stereocenters. The van der Waals surface area contributed by atoms with Gasteiger partial charge in [0.05, 0.1) is 0 Å². The first-order chi connectivity index (χ1) is 3.06. The zero-order chi connectivity index (χ0) is 5.91. The summed E-state index contributed by atoms with van der Waals surface area (Å²) in [6.45, 7) is 0. The smallest absolute Gasteiger partial charge is 0.476 e. The quantitative estimate of drug-likeness (QED) is 0.227. The molecule has 0 fully saturated rings. The fourth-order valence-electron chi connectivity index (χ4n) is 0.300. The summed E-state index contributed by atoms with van der Waals surface area (Å²) in [5.41, 5.74) is 0. The van der Waals surface area contributed by atoms with Crippen LogP contribution in [0.3, 0.4) is 0 Å². The largest absolute Gasteiger partial charge is 0.485 e. The van der Waals surface area contributed by atoms with Gasteiger partial charge in [-0.15, -0.1) is 0 Å². The molecular formula is C4H11BN2+. The Kier molecular flexibility index (Phi) is 1.94. The van der Waals surface area contributed by atoms with Crippen LogP contribution in [0.15, 0.2) is 0 Å². The maximum Gasteiger partial charge on any atom is 0.485 e. The van der Waals surface area contributed by atoms with E-state index in [1.807, 2.05) is 21.1 Å². The predicted molar refractivity (Wildman–Crippen MR) is 33.7 cm³/mol. The molecule has 0 heterocycles. The SMILES string of the molecule is C[N+](C)(C)[BH2-][C+]=[N]. The van der Waals surface area contributed by atoms with Gasteiger partial charge in [0.15, 0.2) is 6.11 Å². The van der Waals surface area contributed by atoms with Gasteiger partial charge in [0, 0.05) is 21.1 Å². The van der Waals surface area contributed by atoms with Gasteiger partial charge in [-0.25, -0.2) is 0 Å². The highest BCUT2D eigenvalue weighted by atomic mass is 15.2. The third kappa shape index (κ3) is 5.60. The van der Waals surface area contributed by atoms with Crippen molar-refractivity contribution in [1.82, 2.24) is 5.41 Å². The molecule has 0 aromatic rings. The Morgan fingerprint density at radius 3 is 1.86 bits per heavy atom. The summed E-state index contributed by atoms with van der Waals surface area (Å²) in [5.74, 6) is 0. The van der Waals surface area contributed by atoms with Crippen molar-refractivity contribution in [2.45, 2.75) is 0 Å². The number of nitrogens with zero attached hydrogens (tertiary/aromatic N) is 2. The van der Waals surface area contributed by atoms with Gasteiger partial charge in [-0.1, -0.05) is 0 Å². The maximum atomic E-state index is 8.19. The van der Waals surface area contributed by atoms with E-state index in [1.54, 1.807) is 0 Å². The van der Waals surface area contributed by atoms with Crippen molar-refractivity contribution in [1.29, 1.82) is 0 Å². The first-order valence-electron chi connectivity index (χ1n) is 2.51. The molecule has 3 heteroatoms. The van der Waals surface area contributed by atoms with Crippen LogP contribution < -0.4 is 5.41 Å². The minimum atomic E-state index is -0.389. The standard InChI is InChI=1S/C4H11BN2/c1-7(2,3)5-4-6/h5H2,1-3H3/q+1. The zero-order valence-corrected chi connectivity index (χ0v) is 5.39. The summed E-state index contributed by atoms with van der Waals surface area (Å²) >= 11 is 0. The fourth-order valence-corrected chi connectivity index (χ4v) is 0.300. The van der Waals surface area contributed by atoms with E-state index >= 15 is 0 Å². The van der Waals surface area contributed by atoms with Crippen LogP contribution >= 0.6 is 0 Å². The molecule has 39 valence electrons. The Morgan fingerprint density at radius 1 is 1.43 bits per heavy atom. The topological polar surface area (TPSA) is 22.3 Å². The third-order valence-corrected chi connectivity index (χ3v) is 0.771. The van der Waals surface area contributed by atoms with Gasteiger partial charge in [-0.2, -0.15) is 0 Å². The van der Waals surface area contributed by atoms with E-state index in [-0.39, 0.29) is 7.41 Å². The minimum absolute atomic E-state index is 0.389. The van der Waals surface area contributed by atoms with Gasteiger partial charge in [0.25, 0.3) is 0 Å². The molecule has 0 spiro atoms. The highest BCUT2D eigenvalue weighted by Crippen LogP contribution is 1.79. The van der Waals surface area contributed by atoms with Crippen LogP contribution in [0, 0.1) is 0 Å². The number of hydrogen-bond acceptors (Lipinski definition) is 0. The highest BCUT2D eigenvalue weighted by molar-refractivity contribution is 6.61. The molecule has 2 nitrogen and oxygen atoms in total. The van der Waals surface area contributed by atoms with Crippen molar-refractivity contribution in [3.63, 3.8) is 0 Å². The van der Waals surface area contributed by atoms with Crippen molar-refractivity contribution >= 4 is 13.5 Å². The summed E-state index contributed by atoms with van der Waals surface area (Å²) < 4.78 is 0.858. The summed E-state index contributed by atoms with van der Waals surface area (Å²) in [4.78, 5) is 0. The van der Waals surface area contributed by atoms with E-state index in [4.69, 9.17) is 5.41 Å². The van der Waals surface area contributed by atoms with Gasteiger partial charge >= 0.3 is 7.41 Å². The Labute approximate surface area is 45.5 Å². The second-order valence-electron chi connectivity index (χ2n) is 3.13. The average Bonchev–Trinajstić information content (AvgIpc) is 1.30. The van der Waals surface area contributed by atoms with Crippen molar-refractivity contribution < 1.29 is 4.39 Å². The van der Waals surface area contributed by atoms with E-state index in [0.717, 1.165) is 4.39 Å². The van der Waals surface area contributed by atoms with Crippen LogP contribution in [0.2, 0.25) is 0 Å². The Morgan fingerprint density at radius 2 is 1.86 bits per heavy atom. The van der Waals surface area contributed by atoms with E-state index in [9.17, 15) is 0 Å². The van der Waals surface area contributed by atoms with Crippen molar-refractivity contribution in [3.05, 3.63) is 0 Å². The molecule has 0 aliphatic rings. The molecule has 0 rings (SSSR count). The second kappa shape index (κ2) is 2.06. The average molecular weight is 98.0 g/mol. The Balaban J connectivity index is 3.34. The van der Waals surface area contributed by atoms with Crippen LogP contribution in [-0.2, 0) is 0 Å². The molecule has 0 aromatic carbocycles. The van der Waals surface area contributed by atoms with Crippen LogP contribution in [0.25, 0.3) is 0 Å². The van der Waals surface area contributed by atoms with E-state index in [0.29, 0.717) is 0 Å². The molecule has 0 amide bonds. The van der Waals surface area contributed by atoms with Crippen LogP contribution in [0.5, 0.6) is 0 Å². The lowest BCUT2D eigenvalue weighted by Crippen LogP contribution is -2.39. The molecule has 7 heavy (non-hydrogen) atoms. The predicted octanol–water partition coefficient (Wildman–Crippen LogP) is -1.52. The maximum absolute atomic E-state index is 8.19. The summed E-state index contributed by atoms with van der Waals surface area (Å²) in [5, 5.41) is 8.19. The van der Waals surface area contributed by atoms with Crippen molar-refractivity contribution in [2.24, 2.45) is 0 Å². The summed E-state index contributed by atoms with van der Waals surface area (Å²) in [6, 6.07) is 0. The molecule has 0 aliphatic heterocycles. The number of rotatable bonds is 2. The van der Waals surface area contributed by atoms with Crippen molar-refractivity contribution in [3.8, 4) is 0 Å². The Hall–Kier alpha value is -0.395. The van der Waals surface area contributed by atoms with Gasteiger partial charge in [-0.3, -0.25) is 0 Å². The van der Waals surface area contributed by atoms with E-state index < -0.39 is 0 Å². The van der Waals surface area contributed by atoms with Gasteiger partial charge in [0.2, 0.25) is 0 Å². The number of quaternary nitrogens is 1. The normalized spacial score (nSPS) is 10.7. The summed E-state index contributed by atoms with van der Waals surface area (Å²) in [7, 11) is 5.75. The lowest BCUT2D eigenvalue weighted by Gasteiger charge is -2.24. The third-order valence-electron chi connectivity index (χ3n) is 0.771. The highest BCUT2D eigenvalue weighted by Gasteiger charge is 2.06. The molecule has 0 saturated heterocycles. The molecule has 1 radical (unpaired) electrons. The van der Waals surface area contributed by atoms with Gasteiger partial charge in [-0.05, 0) is 0 Å². The lowest BCUT2D eigenvalue weighted by molar-refractivity contribution is -0.753.